The number of hydrogen-bond acceptors (Lipinski definition) is 4. The van der Waals surface area contributed by atoms with Gasteiger partial charge in [-0.15, -0.1) is 0 Å². The normalized spacial score (nSPS) is 11.5. The van der Waals surface area contributed by atoms with Crippen molar-refractivity contribution in [2.24, 2.45) is 0 Å². The number of nitrogens with two attached hydrogens (primary N) is 1. The Morgan fingerprint density at radius 1 is 1.10 bits per heavy atom. The van der Waals surface area contributed by atoms with E-state index >= 15 is 0 Å². The van der Waals surface area contributed by atoms with Crippen LogP contribution in [0.3, 0.4) is 0 Å². The maximum absolute atomic E-state index is 5.75. The number of aryl methyl sites for hydroxylation is 1. The molecule has 0 saturated heterocycles. The number of benzene rings is 2. The van der Waals surface area contributed by atoms with Gasteiger partial charge in [-0.25, -0.2) is 9.97 Å². The van der Waals surface area contributed by atoms with E-state index in [0.717, 1.165) is 33.5 Å². The van der Waals surface area contributed by atoms with E-state index in [0.29, 0.717) is 5.13 Å². The average Bonchev–Trinajstić information content (AvgIpc) is 2.99. The van der Waals surface area contributed by atoms with E-state index < -0.39 is 0 Å². The molecule has 4 aromatic rings. The van der Waals surface area contributed by atoms with Gasteiger partial charge in [-0.05, 0) is 42.3 Å². The second kappa shape index (κ2) is 4.56. The number of nitrogens with one attached hydrogen (secondary N) is 1. The van der Waals surface area contributed by atoms with Gasteiger partial charge in [-0.1, -0.05) is 23.5 Å². The lowest BCUT2D eigenvalue weighted by Gasteiger charge is -1.97. The van der Waals surface area contributed by atoms with E-state index in [2.05, 4.69) is 52.2 Å². The number of aromatic nitrogens is 3. The van der Waals surface area contributed by atoms with Crippen LogP contribution in [0.1, 0.15) is 17.0 Å². The molecule has 0 radical (unpaired) electrons. The third kappa shape index (κ3) is 2.25. The zero-order valence-electron chi connectivity index (χ0n) is 11.6. The average molecular weight is 294 g/mol. The molecule has 5 heteroatoms. The van der Waals surface area contributed by atoms with Crippen molar-refractivity contribution in [3.63, 3.8) is 0 Å². The maximum Gasteiger partial charge on any atom is 0.181 e. The van der Waals surface area contributed by atoms with Crippen molar-refractivity contribution in [1.82, 2.24) is 15.0 Å². The topological polar surface area (TPSA) is 67.6 Å². The van der Waals surface area contributed by atoms with Crippen LogP contribution in [0.5, 0.6) is 0 Å². The van der Waals surface area contributed by atoms with Gasteiger partial charge in [0.15, 0.2) is 5.13 Å². The molecule has 0 amide bonds. The summed E-state index contributed by atoms with van der Waals surface area (Å²) in [5.41, 5.74) is 11.3. The highest BCUT2D eigenvalue weighted by atomic mass is 32.1. The zero-order valence-corrected chi connectivity index (χ0v) is 12.4. The van der Waals surface area contributed by atoms with Gasteiger partial charge in [0.05, 0.1) is 21.3 Å². The van der Waals surface area contributed by atoms with Crippen LogP contribution in [0.15, 0.2) is 36.4 Å². The first-order chi connectivity index (χ1) is 10.2. The molecule has 0 unspecified atom stereocenters. The SMILES string of the molecule is Cc1ccc2nc(Cc3ccc4nc(N)sc4c3)[nH]c2c1. The van der Waals surface area contributed by atoms with Gasteiger partial charge in [0.1, 0.15) is 5.82 Å². The molecule has 2 aromatic heterocycles. The fraction of sp³-hybridized carbons (Fsp3) is 0.125. The molecule has 0 aliphatic rings. The number of imidazole rings is 1. The summed E-state index contributed by atoms with van der Waals surface area (Å²) in [6, 6.07) is 12.5. The predicted molar refractivity (Wildman–Crippen MR) is 87.7 cm³/mol. The summed E-state index contributed by atoms with van der Waals surface area (Å²) in [7, 11) is 0. The van der Waals surface area contributed by atoms with E-state index in [9.17, 15) is 0 Å². The Kier molecular flexibility index (Phi) is 2.68. The number of nitrogens with zero attached hydrogens (tertiary/aromatic N) is 2. The van der Waals surface area contributed by atoms with Gasteiger partial charge >= 0.3 is 0 Å². The first-order valence-electron chi connectivity index (χ1n) is 6.77. The van der Waals surface area contributed by atoms with Crippen molar-refractivity contribution < 1.29 is 0 Å². The first-order valence-corrected chi connectivity index (χ1v) is 7.59. The minimum atomic E-state index is 0.612. The summed E-state index contributed by atoms with van der Waals surface area (Å²) < 4.78 is 1.12. The number of H-pyrrole nitrogens is 1. The lowest BCUT2D eigenvalue weighted by molar-refractivity contribution is 1.04. The van der Waals surface area contributed by atoms with Crippen LogP contribution < -0.4 is 5.73 Å². The van der Waals surface area contributed by atoms with Gasteiger partial charge in [0.2, 0.25) is 0 Å². The maximum atomic E-state index is 5.75. The molecule has 4 nitrogen and oxygen atoms in total. The van der Waals surface area contributed by atoms with Crippen LogP contribution in [0.4, 0.5) is 5.13 Å². The Morgan fingerprint density at radius 3 is 2.86 bits per heavy atom. The lowest BCUT2D eigenvalue weighted by atomic mass is 10.1. The number of aromatic amines is 1. The minimum Gasteiger partial charge on any atom is -0.375 e. The molecule has 0 fully saturated rings. The molecule has 0 aliphatic heterocycles. The van der Waals surface area contributed by atoms with Crippen molar-refractivity contribution in [2.75, 3.05) is 5.73 Å². The van der Waals surface area contributed by atoms with Crippen LogP contribution >= 0.6 is 11.3 Å². The second-order valence-electron chi connectivity index (χ2n) is 5.24. The summed E-state index contributed by atoms with van der Waals surface area (Å²) in [6.45, 7) is 2.09. The van der Waals surface area contributed by atoms with Crippen molar-refractivity contribution >= 4 is 37.7 Å². The molecular formula is C16H14N4S. The molecule has 2 heterocycles. The van der Waals surface area contributed by atoms with E-state index in [-0.39, 0.29) is 0 Å². The smallest absolute Gasteiger partial charge is 0.181 e. The zero-order chi connectivity index (χ0) is 14.4. The largest absolute Gasteiger partial charge is 0.375 e. The van der Waals surface area contributed by atoms with Gasteiger partial charge in [-0.2, -0.15) is 0 Å². The summed E-state index contributed by atoms with van der Waals surface area (Å²) >= 11 is 1.52. The lowest BCUT2D eigenvalue weighted by Crippen LogP contribution is -1.90. The summed E-state index contributed by atoms with van der Waals surface area (Å²) in [5, 5.41) is 0.612. The highest BCUT2D eigenvalue weighted by Crippen LogP contribution is 2.25. The van der Waals surface area contributed by atoms with E-state index in [1.54, 1.807) is 0 Å². The highest BCUT2D eigenvalue weighted by molar-refractivity contribution is 7.22. The molecule has 21 heavy (non-hydrogen) atoms. The van der Waals surface area contributed by atoms with Gasteiger partial charge in [0, 0.05) is 6.42 Å². The highest BCUT2D eigenvalue weighted by Gasteiger charge is 2.06. The molecular weight excluding hydrogens is 280 g/mol. The quantitative estimate of drug-likeness (QED) is 0.593. The fourth-order valence-corrected chi connectivity index (χ4v) is 3.35. The van der Waals surface area contributed by atoms with Crippen LogP contribution in [0, 0.1) is 6.92 Å². The van der Waals surface area contributed by atoms with Crippen LogP contribution in [0.25, 0.3) is 21.3 Å². The predicted octanol–water partition coefficient (Wildman–Crippen LogP) is 3.65. The molecule has 104 valence electrons. The Bertz CT molecular complexity index is 951. The Hall–Kier alpha value is -2.40. The van der Waals surface area contributed by atoms with Gasteiger partial charge < -0.3 is 10.7 Å². The van der Waals surface area contributed by atoms with Gasteiger partial charge in [-0.3, -0.25) is 0 Å². The minimum absolute atomic E-state index is 0.612. The molecule has 0 bridgehead atoms. The van der Waals surface area contributed by atoms with E-state index in [1.165, 1.54) is 22.5 Å². The molecule has 2 aromatic carbocycles. The number of thiazole rings is 1. The van der Waals surface area contributed by atoms with E-state index in [1.807, 2.05) is 6.07 Å². The standard InChI is InChI=1S/C16H14N4S/c1-9-2-4-11-13(6-9)19-15(18-11)8-10-3-5-12-14(7-10)21-16(17)20-12/h2-7H,8H2,1H3,(H2,17,20)(H,18,19). The second-order valence-corrected chi connectivity index (χ2v) is 6.30. The molecule has 0 atom stereocenters. The first kappa shape index (κ1) is 12.3. The Balaban J connectivity index is 1.71. The van der Waals surface area contributed by atoms with Crippen molar-refractivity contribution in [3.8, 4) is 0 Å². The third-order valence-electron chi connectivity index (χ3n) is 3.53. The molecule has 0 saturated carbocycles. The summed E-state index contributed by atoms with van der Waals surface area (Å²) in [6.07, 6.45) is 0.779. The monoisotopic (exact) mass is 294 g/mol. The van der Waals surface area contributed by atoms with Crippen LogP contribution in [-0.4, -0.2) is 15.0 Å². The van der Waals surface area contributed by atoms with Crippen molar-refractivity contribution in [2.45, 2.75) is 13.3 Å². The third-order valence-corrected chi connectivity index (χ3v) is 4.37. The number of nitrogen functional groups attached to an aromatic ring is 1. The Morgan fingerprint density at radius 2 is 1.95 bits per heavy atom. The number of rotatable bonds is 2. The molecule has 0 spiro atoms. The molecule has 4 rings (SSSR count). The summed E-state index contributed by atoms with van der Waals surface area (Å²) in [4.78, 5) is 12.3. The number of fused-ring (bicyclic) bond motifs is 2. The van der Waals surface area contributed by atoms with Crippen molar-refractivity contribution in [3.05, 3.63) is 53.3 Å². The van der Waals surface area contributed by atoms with Crippen LogP contribution in [0.2, 0.25) is 0 Å². The van der Waals surface area contributed by atoms with Gasteiger partial charge in [0.25, 0.3) is 0 Å². The van der Waals surface area contributed by atoms with Crippen LogP contribution in [-0.2, 0) is 6.42 Å². The summed E-state index contributed by atoms with van der Waals surface area (Å²) in [5.74, 6) is 0.979. The Labute approximate surface area is 125 Å². The van der Waals surface area contributed by atoms with Crippen molar-refractivity contribution in [1.29, 1.82) is 0 Å². The molecule has 3 N–H and O–H groups in total. The number of anilines is 1. The molecule has 0 aliphatic carbocycles. The fourth-order valence-electron chi connectivity index (χ4n) is 2.55. The van der Waals surface area contributed by atoms with E-state index in [4.69, 9.17) is 5.73 Å². The number of hydrogen-bond donors (Lipinski definition) is 2.